The van der Waals surface area contributed by atoms with Gasteiger partial charge in [-0.3, -0.25) is 9.59 Å². The molecule has 0 unspecified atom stereocenters. The molecule has 6 rings (SSSR count). The number of carbonyl (C=O) groups is 2. The van der Waals surface area contributed by atoms with Crippen molar-refractivity contribution in [2.45, 2.75) is 51.5 Å². The van der Waals surface area contributed by atoms with Gasteiger partial charge in [0.1, 0.15) is 0 Å². The molecule has 0 radical (unpaired) electrons. The number of ketones is 1. The maximum atomic E-state index is 13.5. The van der Waals surface area contributed by atoms with Crippen molar-refractivity contribution in [2.24, 2.45) is 10.8 Å². The molecule has 0 aliphatic heterocycles. The topological polar surface area (TPSA) is 74.8 Å². The Kier molecular flexibility index (Phi) is 6.18. The number of hydrogen-bond donors (Lipinski definition) is 2. The minimum Gasteiger partial charge on any atom is -0.352 e. The molecule has 3 aliphatic rings. The number of nitrogens with zero attached hydrogens (tertiary/aromatic N) is 1. The number of allylic oxidation sites excluding steroid dienone is 1. The summed E-state index contributed by atoms with van der Waals surface area (Å²) in [6, 6.07) is 18.1. The Bertz CT molecular complexity index is 1170. The zero-order valence-corrected chi connectivity index (χ0v) is 19.4. The van der Waals surface area contributed by atoms with Crippen LogP contribution in [0.3, 0.4) is 0 Å². The van der Waals surface area contributed by atoms with Crippen LogP contribution in [0.25, 0.3) is 17.3 Å². The van der Waals surface area contributed by atoms with Gasteiger partial charge in [0.05, 0.1) is 18.2 Å². The molecule has 5 heteroatoms. The Morgan fingerprint density at radius 3 is 2.38 bits per heavy atom. The van der Waals surface area contributed by atoms with E-state index < -0.39 is 0 Å². The van der Waals surface area contributed by atoms with Crippen molar-refractivity contribution < 1.29 is 9.59 Å². The predicted octanol–water partition coefficient (Wildman–Crippen LogP) is 5.71. The fourth-order valence-electron chi connectivity index (χ4n) is 5.78. The maximum absolute atomic E-state index is 13.5. The van der Waals surface area contributed by atoms with Gasteiger partial charge in [-0.1, -0.05) is 67.1 Å². The Balaban J connectivity index is 1.27. The van der Waals surface area contributed by atoms with Crippen molar-refractivity contribution in [2.75, 3.05) is 0 Å². The van der Waals surface area contributed by atoms with E-state index in [1.54, 1.807) is 18.6 Å². The second-order valence-electron chi connectivity index (χ2n) is 9.83. The quantitative estimate of drug-likeness (QED) is 0.450. The third kappa shape index (κ3) is 4.35. The first-order chi connectivity index (χ1) is 16.6. The summed E-state index contributed by atoms with van der Waals surface area (Å²) in [5.41, 5.74) is 3.41. The molecule has 2 bridgehead atoms. The highest BCUT2D eigenvalue weighted by Gasteiger charge is 2.51. The number of carbonyl (C=O) groups excluding carboxylic acids is 2. The molecule has 3 fully saturated rings. The van der Waals surface area contributed by atoms with Crippen molar-refractivity contribution in [3.8, 4) is 11.3 Å². The lowest BCUT2D eigenvalue weighted by Crippen LogP contribution is -2.44. The van der Waals surface area contributed by atoms with E-state index in [0.717, 1.165) is 67.3 Å². The van der Waals surface area contributed by atoms with Crippen LogP contribution in [-0.2, 0) is 16.1 Å². The summed E-state index contributed by atoms with van der Waals surface area (Å²) in [5, 5.41) is 3.17. The molecular formula is C29H31N3O2. The fraction of sp³-hybridized carbons (Fsp3) is 0.345. The molecular weight excluding hydrogens is 422 g/mol. The van der Waals surface area contributed by atoms with Gasteiger partial charge in [-0.2, -0.15) is 0 Å². The van der Waals surface area contributed by atoms with Crippen molar-refractivity contribution in [1.82, 2.24) is 15.3 Å². The second kappa shape index (κ2) is 9.41. The van der Waals surface area contributed by atoms with E-state index in [1.165, 1.54) is 0 Å². The fourth-order valence-corrected chi connectivity index (χ4v) is 5.78. The molecule has 5 nitrogen and oxygen atoms in total. The summed E-state index contributed by atoms with van der Waals surface area (Å²) in [5.74, 6) is 0.357. The molecule has 1 amide bonds. The van der Waals surface area contributed by atoms with Crippen LogP contribution < -0.4 is 5.32 Å². The highest BCUT2D eigenvalue weighted by atomic mass is 16.2. The zero-order valence-electron chi connectivity index (χ0n) is 19.4. The first-order valence-electron chi connectivity index (χ1n) is 12.2. The predicted molar refractivity (Wildman–Crippen MR) is 134 cm³/mol. The van der Waals surface area contributed by atoms with Crippen molar-refractivity contribution >= 4 is 17.8 Å². The number of aromatic nitrogens is 2. The van der Waals surface area contributed by atoms with Gasteiger partial charge in [0, 0.05) is 22.9 Å². The monoisotopic (exact) mass is 453 g/mol. The van der Waals surface area contributed by atoms with Crippen LogP contribution in [0.5, 0.6) is 0 Å². The van der Waals surface area contributed by atoms with E-state index in [4.69, 9.17) is 0 Å². The van der Waals surface area contributed by atoms with E-state index in [2.05, 4.69) is 15.3 Å². The molecule has 3 aliphatic carbocycles. The number of H-pyrrole nitrogens is 1. The lowest BCUT2D eigenvalue weighted by atomic mass is 9.63. The van der Waals surface area contributed by atoms with Crippen LogP contribution >= 0.6 is 0 Å². The number of aromatic amines is 1. The third-order valence-corrected chi connectivity index (χ3v) is 7.94. The Hall–Kier alpha value is -3.47. The average Bonchev–Trinajstić information content (AvgIpc) is 3.27. The van der Waals surface area contributed by atoms with Gasteiger partial charge in [-0.25, -0.2) is 4.98 Å². The van der Waals surface area contributed by atoms with Gasteiger partial charge in [0.15, 0.2) is 5.78 Å². The maximum Gasteiger partial charge on any atom is 0.226 e. The highest BCUT2D eigenvalue weighted by molar-refractivity contribution is 5.99. The van der Waals surface area contributed by atoms with Gasteiger partial charge in [0.25, 0.3) is 0 Å². The number of hydrogen-bond acceptors (Lipinski definition) is 3. The first-order valence-corrected chi connectivity index (χ1v) is 12.2. The molecule has 1 heterocycles. The van der Waals surface area contributed by atoms with Crippen molar-refractivity contribution in [1.29, 1.82) is 0 Å². The SMILES string of the molecule is O=C(/C=C/c1ccccc1-c1cnc[nH]1)C12CCCC(C(=O)NCc3ccccc3)(CC1)CC2. The standard InChI is InChI=1S/C29H31N3O2/c33-26(12-11-23-9-4-5-10-24(23)25-20-30-21-32-25)28-13-6-14-29(17-15-28,18-16-28)27(34)31-19-22-7-2-1-3-8-22/h1-5,7-12,20-21H,6,13-19H2,(H,30,32)(H,31,34)/b12-11+. The van der Waals surface area contributed by atoms with Crippen molar-refractivity contribution in [3.05, 3.63) is 84.3 Å². The highest BCUT2D eigenvalue weighted by Crippen LogP contribution is 2.55. The minimum atomic E-state index is -0.334. The average molecular weight is 454 g/mol. The number of benzene rings is 2. The Labute approximate surface area is 200 Å². The molecule has 34 heavy (non-hydrogen) atoms. The Morgan fingerprint density at radius 1 is 0.912 bits per heavy atom. The minimum absolute atomic E-state index is 0.156. The van der Waals surface area contributed by atoms with E-state index in [1.807, 2.05) is 60.7 Å². The molecule has 3 saturated carbocycles. The summed E-state index contributed by atoms with van der Waals surface area (Å²) >= 11 is 0. The van der Waals surface area contributed by atoms with Crippen LogP contribution in [-0.4, -0.2) is 21.7 Å². The second-order valence-corrected chi connectivity index (χ2v) is 9.83. The number of imidazole rings is 1. The summed E-state index contributed by atoms with van der Waals surface area (Å²) < 4.78 is 0. The molecule has 174 valence electrons. The van der Waals surface area contributed by atoms with Gasteiger partial charge in [-0.15, -0.1) is 0 Å². The zero-order chi connectivity index (χ0) is 23.4. The van der Waals surface area contributed by atoms with Crippen LogP contribution in [0.1, 0.15) is 56.1 Å². The van der Waals surface area contributed by atoms with Gasteiger partial charge in [-0.05, 0) is 55.7 Å². The molecule has 2 N–H and O–H groups in total. The van der Waals surface area contributed by atoms with Crippen LogP contribution in [0, 0.1) is 10.8 Å². The lowest BCUT2D eigenvalue weighted by Gasteiger charge is -2.40. The van der Waals surface area contributed by atoms with Gasteiger partial charge >= 0.3 is 0 Å². The number of fused-ring (bicyclic) bond motifs is 4. The van der Waals surface area contributed by atoms with E-state index in [0.29, 0.717) is 6.54 Å². The normalized spacial score (nSPS) is 24.1. The smallest absolute Gasteiger partial charge is 0.226 e. The molecule has 1 aromatic heterocycles. The summed E-state index contributed by atoms with van der Waals surface area (Å²) in [7, 11) is 0. The molecule has 0 spiro atoms. The molecule has 3 aromatic rings. The van der Waals surface area contributed by atoms with Crippen LogP contribution in [0.2, 0.25) is 0 Å². The van der Waals surface area contributed by atoms with E-state index in [-0.39, 0.29) is 22.5 Å². The summed E-state index contributed by atoms with van der Waals surface area (Å²) in [4.78, 5) is 34.0. The van der Waals surface area contributed by atoms with Crippen LogP contribution in [0.4, 0.5) is 0 Å². The van der Waals surface area contributed by atoms with E-state index >= 15 is 0 Å². The Morgan fingerprint density at radius 2 is 1.62 bits per heavy atom. The number of nitrogens with one attached hydrogen (secondary N) is 2. The molecule has 2 aromatic carbocycles. The largest absolute Gasteiger partial charge is 0.352 e. The third-order valence-electron chi connectivity index (χ3n) is 7.94. The lowest BCUT2D eigenvalue weighted by molar-refractivity contribution is -0.137. The number of rotatable bonds is 7. The number of amides is 1. The van der Waals surface area contributed by atoms with Gasteiger partial charge < -0.3 is 10.3 Å². The first kappa shape index (κ1) is 22.3. The summed E-state index contributed by atoms with van der Waals surface area (Å²) in [6.45, 7) is 0.559. The molecule has 0 saturated heterocycles. The van der Waals surface area contributed by atoms with Gasteiger partial charge in [0.2, 0.25) is 5.91 Å². The van der Waals surface area contributed by atoms with E-state index in [9.17, 15) is 9.59 Å². The summed E-state index contributed by atoms with van der Waals surface area (Å²) in [6.07, 6.45) is 13.0. The van der Waals surface area contributed by atoms with Crippen LogP contribution in [0.15, 0.2) is 73.2 Å². The van der Waals surface area contributed by atoms with Crippen molar-refractivity contribution in [3.63, 3.8) is 0 Å². The molecule has 0 atom stereocenters.